The molecule has 0 aromatic heterocycles. The van der Waals surface area contributed by atoms with Crippen molar-refractivity contribution in [2.45, 2.75) is 264 Å². The Morgan fingerprint density at radius 2 is 0.962 bits per heavy atom. The predicted octanol–water partition coefficient (Wildman–Crippen LogP) is 13.0. The SMILES string of the molecule is CCC/C=C\CCCCCCCC(=O)OC(CCCCCCCCCCCC)CC(=O)NC(CO)C(O)CCCCCCCCCCCCCCC. The van der Waals surface area contributed by atoms with Gasteiger partial charge in [0.05, 0.1) is 25.2 Å². The van der Waals surface area contributed by atoms with Gasteiger partial charge in [-0.3, -0.25) is 9.59 Å². The molecule has 0 aliphatic carbocycles. The maximum Gasteiger partial charge on any atom is 0.306 e. The molecule has 0 saturated heterocycles. The second kappa shape index (κ2) is 40.8. The lowest BCUT2D eigenvalue weighted by Gasteiger charge is -2.24. The van der Waals surface area contributed by atoms with Gasteiger partial charge in [-0.1, -0.05) is 200 Å². The van der Waals surface area contributed by atoms with Crippen LogP contribution in [-0.4, -0.2) is 46.9 Å². The number of carbonyl (C=O) groups is 2. The van der Waals surface area contributed by atoms with Crippen LogP contribution < -0.4 is 5.32 Å². The van der Waals surface area contributed by atoms with Crippen LogP contribution in [-0.2, 0) is 14.3 Å². The molecule has 6 heteroatoms. The number of carbonyl (C=O) groups excluding carboxylic acids is 2. The van der Waals surface area contributed by atoms with Crippen LogP contribution in [0.2, 0.25) is 0 Å². The summed E-state index contributed by atoms with van der Waals surface area (Å²) in [5.74, 6) is -0.477. The van der Waals surface area contributed by atoms with Crippen LogP contribution in [0.4, 0.5) is 0 Å². The molecule has 3 N–H and O–H groups in total. The fourth-order valence-corrected chi connectivity index (χ4v) is 7.08. The third-order valence-electron chi connectivity index (χ3n) is 10.6. The molecular weight excluding hydrogens is 647 g/mol. The summed E-state index contributed by atoms with van der Waals surface area (Å²) >= 11 is 0. The van der Waals surface area contributed by atoms with Crippen molar-refractivity contribution in [2.75, 3.05) is 6.61 Å². The zero-order valence-electron chi connectivity index (χ0n) is 35.0. The Balaban J connectivity index is 4.51. The minimum atomic E-state index is -0.781. The van der Waals surface area contributed by atoms with E-state index in [1.165, 1.54) is 141 Å². The van der Waals surface area contributed by atoms with E-state index in [0.29, 0.717) is 19.3 Å². The van der Waals surface area contributed by atoms with E-state index in [0.717, 1.165) is 57.8 Å². The van der Waals surface area contributed by atoms with Gasteiger partial charge in [-0.05, 0) is 44.9 Å². The van der Waals surface area contributed by atoms with Crippen molar-refractivity contribution in [3.63, 3.8) is 0 Å². The fourth-order valence-electron chi connectivity index (χ4n) is 7.08. The molecular formula is C46H89NO5. The summed E-state index contributed by atoms with van der Waals surface area (Å²) in [5, 5.41) is 23.6. The molecule has 0 radical (unpaired) electrons. The van der Waals surface area contributed by atoms with Crippen LogP contribution in [0.5, 0.6) is 0 Å². The minimum absolute atomic E-state index is 0.0800. The quantitative estimate of drug-likeness (QED) is 0.0330. The molecule has 3 unspecified atom stereocenters. The van der Waals surface area contributed by atoms with Crippen molar-refractivity contribution >= 4 is 11.9 Å². The molecule has 0 spiro atoms. The normalized spacial score (nSPS) is 13.4. The molecule has 52 heavy (non-hydrogen) atoms. The molecule has 0 rings (SSSR count). The number of rotatable bonds is 41. The van der Waals surface area contributed by atoms with Gasteiger partial charge in [-0.25, -0.2) is 0 Å². The molecule has 0 aromatic rings. The molecule has 0 fully saturated rings. The minimum Gasteiger partial charge on any atom is -0.462 e. The number of nitrogens with one attached hydrogen (secondary N) is 1. The Hall–Kier alpha value is -1.40. The highest BCUT2D eigenvalue weighted by Gasteiger charge is 2.24. The number of amides is 1. The van der Waals surface area contributed by atoms with Gasteiger partial charge >= 0.3 is 5.97 Å². The summed E-state index contributed by atoms with van der Waals surface area (Å²) in [4.78, 5) is 25.9. The highest BCUT2D eigenvalue weighted by Crippen LogP contribution is 2.18. The highest BCUT2D eigenvalue weighted by atomic mass is 16.5. The van der Waals surface area contributed by atoms with Crippen LogP contribution in [0, 0.1) is 0 Å². The first-order valence-corrected chi connectivity index (χ1v) is 22.9. The van der Waals surface area contributed by atoms with Crippen molar-refractivity contribution in [1.29, 1.82) is 0 Å². The number of hydrogen-bond acceptors (Lipinski definition) is 5. The molecule has 6 nitrogen and oxygen atoms in total. The van der Waals surface area contributed by atoms with E-state index in [2.05, 4.69) is 38.2 Å². The number of allylic oxidation sites excluding steroid dienone is 2. The number of esters is 1. The van der Waals surface area contributed by atoms with Crippen molar-refractivity contribution < 1.29 is 24.5 Å². The molecule has 0 aliphatic rings. The summed E-state index contributed by atoms with van der Waals surface area (Å²) in [6.45, 7) is 6.41. The Morgan fingerprint density at radius 1 is 0.538 bits per heavy atom. The lowest BCUT2D eigenvalue weighted by molar-refractivity contribution is -0.151. The van der Waals surface area contributed by atoms with Gasteiger partial charge in [0.1, 0.15) is 6.10 Å². The van der Waals surface area contributed by atoms with Gasteiger partial charge in [0.15, 0.2) is 0 Å². The largest absolute Gasteiger partial charge is 0.462 e. The lowest BCUT2D eigenvalue weighted by Crippen LogP contribution is -2.46. The standard InChI is InChI=1S/C46H89NO5/c1-4-7-10-13-16-19-22-23-24-26-29-32-35-38-44(49)43(41-48)47-45(50)40-42(37-34-31-28-25-20-17-14-11-8-5-2)52-46(51)39-36-33-30-27-21-18-15-12-9-6-3/h12,15,42-44,48-49H,4-11,13-14,16-41H2,1-3H3,(H,47,50)/b15-12-. The molecule has 0 aliphatic heterocycles. The molecule has 0 saturated carbocycles. The monoisotopic (exact) mass is 736 g/mol. The smallest absolute Gasteiger partial charge is 0.306 e. The average Bonchev–Trinajstić information content (AvgIpc) is 3.13. The third kappa shape index (κ3) is 35.6. The van der Waals surface area contributed by atoms with Crippen LogP contribution in [0.1, 0.15) is 245 Å². The Bertz CT molecular complexity index is 787. The second-order valence-electron chi connectivity index (χ2n) is 15.8. The molecule has 1 amide bonds. The topological polar surface area (TPSA) is 95.9 Å². The summed E-state index contributed by atoms with van der Waals surface area (Å²) in [5.41, 5.74) is 0. The first kappa shape index (κ1) is 50.6. The summed E-state index contributed by atoms with van der Waals surface area (Å²) in [6.07, 6.45) is 42.7. The maximum absolute atomic E-state index is 13.1. The summed E-state index contributed by atoms with van der Waals surface area (Å²) in [6, 6.07) is -0.694. The molecule has 0 aromatic carbocycles. The van der Waals surface area contributed by atoms with Gasteiger partial charge in [0.2, 0.25) is 5.91 Å². The van der Waals surface area contributed by atoms with E-state index in [-0.39, 0.29) is 24.9 Å². The average molecular weight is 736 g/mol. The highest BCUT2D eigenvalue weighted by molar-refractivity contribution is 5.77. The van der Waals surface area contributed by atoms with Crippen molar-refractivity contribution in [2.24, 2.45) is 0 Å². The molecule has 3 atom stereocenters. The van der Waals surface area contributed by atoms with Crippen LogP contribution in [0.3, 0.4) is 0 Å². The lowest BCUT2D eigenvalue weighted by atomic mass is 10.0. The maximum atomic E-state index is 13.1. The van der Waals surface area contributed by atoms with Crippen molar-refractivity contribution in [3.8, 4) is 0 Å². The number of hydrogen-bond donors (Lipinski definition) is 3. The van der Waals surface area contributed by atoms with E-state index < -0.39 is 18.2 Å². The van der Waals surface area contributed by atoms with E-state index in [9.17, 15) is 19.8 Å². The van der Waals surface area contributed by atoms with Gasteiger partial charge in [-0.15, -0.1) is 0 Å². The Kier molecular flexibility index (Phi) is 39.7. The number of aliphatic hydroxyl groups excluding tert-OH is 2. The van der Waals surface area contributed by atoms with Crippen molar-refractivity contribution in [3.05, 3.63) is 12.2 Å². The number of ether oxygens (including phenoxy) is 1. The van der Waals surface area contributed by atoms with E-state index in [4.69, 9.17) is 4.74 Å². The molecule has 0 bridgehead atoms. The van der Waals surface area contributed by atoms with Gasteiger partial charge in [0, 0.05) is 6.42 Å². The van der Waals surface area contributed by atoms with Crippen LogP contribution in [0.15, 0.2) is 12.2 Å². The van der Waals surface area contributed by atoms with E-state index >= 15 is 0 Å². The molecule has 0 heterocycles. The zero-order chi connectivity index (χ0) is 38.2. The van der Waals surface area contributed by atoms with Crippen LogP contribution >= 0.6 is 0 Å². The van der Waals surface area contributed by atoms with Gasteiger partial charge in [0.25, 0.3) is 0 Å². The number of unbranched alkanes of at least 4 members (excludes halogenated alkanes) is 27. The second-order valence-corrected chi connectivity index (χ2v) is 15.8. The molecule has 308 valence electrons. The van der Waals surface area contributed by atoms with Crippen LogP contribution in [0.25, 0.3) is 0 Å². The number of aliphatic hydroxyl groups is 2. The fraction of sp³-hybridized carbons (Fsp3) is 0.913. The van der Waals surface area contributed by atoms with E-state index in [1.807, 2.05) is 0 Å². The van der Waals surface area contributed by atoms with E-state index in [1.54, 1.807) is 0 Å². The zero-order valence-corrected chi connectivity index (χ0v) is 35.0. The summed E-state index contributed by atoms with van der Waals surface area (Å²) < 4.78 is 5.88. The Labute approximate surface area is 323 Å². The first-order valence-electron chi connectivity index (χ1n) is 22.9. The Morgan fingerprint density at radius 3 is 1.44 bits per heavy atom. The third-order valence-corrected chi connectivity index (χ3v) is 10.6. The first-order chi connectivity index (χ1) is 25.5. The predicted molar refractivity (Wildman–Crippen MR) is 223 cm³/mol. The van der Waals surface area contributed by atoms with Crippen molar-refractivity contribution in [1.82, 2.24) is 5.32 Å². The van der Waals surface area contributed by atoms with Gasteiger partial charge in [-0.2, -0.15) is 0 Å². The summed E-state index contributed by atoms with van der Waals surface area (Å²) in [7, 11) is 0. The van der Waals surface area contributed by atoms with Gasteiger partial charge < -0.3 is 20.3 Å².